The highest BCUT2D eigenvalue weighted by Gasteiger charge is 2.71. The van der Waals surface area contributed by atoms with Crippen LogP contribution in [0.3, 0.4) is 0 Å². The Labute approximate surface area is 177 Å². The third-order valence-electron chi connectivity index (χ3n) is 6.34. The molecule has 0 saturated carbocycles. The highest BCUT2D eigenvalue weighted by Crippen LogP contribution is 2.55. The molecule has 7 heteroatoms. The predicted octanol–water partition coefficient (Wildman–Crippen LogP) is 2.75. The third-order valence-corrected chi connectivity index (χ3v) is 6.34. The molecule has 2 N–H and O–H groups in total. The Hall–Kier alpha value is -1.93. The Bertz CT molecular complexity index is 957. The average Bonchev–Trinajstić information content (AvgIpc) is 3.31. The van der Waals surface area contributed by atoms with E-state index in [0.717, 1.165) is 0 Å². The van der Waals surface area contributed by atoms with Crippen molar-refractivity contribution in [1.29, 1.82) is 0 Å². The van der Waals surface area contributed by atoms with Gasteiger partial charge in [-0.05, 0) is 71.8 Å². The molecule has 2 fully saturated rings. The first kappa shape index (κ1) is 22.7. The maximum atomic E-state index is 11.8. The molecule has 7 nitrogen and oxygen atoms in total. The number of epoxide rings is 1. The van der Waals surface area contributed by atoms with Crippen molar-refractivity contribution in [3.63, 3.8) is 0 Å². The Morgan fingerprint density at radius 1 is 1.33 bits per heavy atom. The summed E-state index contributed by atoms with van der Waals surface area (Å²) in [6.45, 7) is 12.6. The lowest BCUT2D eigenvalue weighted by molar-refractivity contribution is -0.0735. The quantitative estimate of drug-likeness (QED) is 0.539. The molecule has 1 aromatic rings. The van der Waals surface area contributed by atoms with Crippen LogP contribution in [0.5, 0.6) is 5.75 Å². The molecule has 30 heavy (non-hydrogen) atoms. The fourth-order valence-electron chi connectivity index (χ4n) is 4.58. The van der Waals surface area contributed by atoms with Gasteiger partial charge in [0.1, 0.15) is 40.5 Å². The molecule has 166 valence electrons. The van der Waals surface area contributed by atoms with Gasteiger partial charge in [0.2, 0.25) is 0 Å². The van der Waals surface area contributed by atoms with E-state index < -0.39 is 22.9 Å². The molecular weight excluding hydrogens is 388 g/mol. The standard InChI is InChI=1S/C23H32O7/c1-12(18-14(3)16(27-8)9-17(24)28-18)10-21(5,26)19(25)13(2)11-22(6)20-23(7,30-20)15(4)29-22/h9-11,15,19-20,25-26H,1-8H3/b12-10+,13-11+/t15-,19-,20-,21+,22+,23-/m1/s1. The molecule has 2 aliphatic heterocycles. The maximum Gasteiger partial charge on any atom is 0.339 e. The summed E-state index contributed by atoms with van der Waals surface area (Å²) in [5.74, 6) is 0.702. The van der Waals surface area contributed by atoms with Gasteiger partial charge in [-0.25, -0.2) is 4.79 Å². The molecular formula is C23H32O7. The van der Waals surface area contributed by atoms with Gasteiger partial charge in [0.15, 0.2) is 0 Å². The molecule has 2 aliphatic rings. The van der Waals surface area contributed by atoms with Crippen LogP contribution in [0.4, 0.5) is 0 Å². The maximum absolute atomic E-state index is 11.8. The molecule has 0 aromatic carbocycles. The SMILES string of the molecule is COc1cc(=O)oc(/C(C)=C/[C@](C)(O)[C@H](O)/C(C)=C/[C@]2(C)O[C@H](C)[C@@]3(C)O[C@@H]32)c1C. The molecule has 0 spiro atoms. The molecule has 3 rings (SSSR count). The van der Waals surface area contributed by atoms with Gasteiger partial charge in [0.05, 0.1) is 19.3 Å². The van der Waals surface area contributed by atoms with E-state index in [4.69, 9.17) is 18.6 Å². The lowest BCUT2D eigenvalue weighted by Gasteiger charge is -2.30. The second-order valence-corrected chi connectivity index (χ2v) is 9.06. The van der Waals surface area contributed by atoms with Gasteiger partial charge in [-0.3, -0.25) is 0 Å². The number of rotatable bonds is 6. The first-order valence-electron chi connectivity index (χ1n) is 10.1. The first-order chi connectivity index (χ1) is 13.7. The third kappa shape index (κ3) is 3.75. The second kappa shape index (κ2) is 7.34. The van der Waals surface area contributed by atoms with Crippen LogP contribution < -0.4 is 10.4 Å². The first-order valence-corrected chi connectivity index (χ1v) is 10.1. The summed E-state index contributed by atoms with van der Waals surface area (Å²) >= 11 is 0. The minimum atomic E-state index is -1.62. The van der Waals surface area contributed by atoms with Crippen LogP contribution in [0.15, 0.2) is 33.0 Å². The van der Waals surface area contributed by atoms with Crippen LogP contribution in [0.2, 0.25) is 0 Å². The molecule has 0 radical (unpaired) electrons. The van der Waals surface area contributed by atoms with Crippen molar-refractivity contribution < 1.29 is 28.8 Å². The van der Waals surface area contributed by atoms with E-state index in [1.807, 2.05) is 26.8 Å². The molecule has 0 unspecified atom stereocenters. The van der Waals surface area contributed by atoms with Gasteiger partial charge < -0.3 is 28.8 Å². The van der Waals surface area contributed by atoms with Gasteiger partial charge in [0, 0.05) is 5.56 Å². The molecule has 0 amide bonds. The van der Waals surface area contributed by atoms with Crippen molar-refractivity contribution in [1.82, 2.24) is 0 Å². The molecule has 0 bridgehead atoms. The van der Waals surface area contributed by atoms with E-state index in [1.54, 1.807) is 20.8 Å². The summed E-state index contributed by atoms with van der Waals surface area (Å²) in [5.41, 5.74) is -1.45. The van der Waals surface area contributed by atoms with Crippen LogP contribution in [0.25, 0.3) is 5.57 Å². The number of hydrogen-bond acceptors (Lipinski definition) is 7. The van der Waals surface area contributed by atoms with Crippen molar-refractivity contribution in [3.05, 3.63) is 45.5 Å². The zero-order valence-electron chi connectivity index (χ0n) is 18.9. The molecule has 2 saturated heterocycles. The van der Waals surface area contributed by atoms with Crippen LogP contribution >= 0.6 is 0 Å². The average molecular weight is 421 g/mol. The minimum absolute atomic E-state index is 0.0599. The highest BCUT2D eigenvalue weighted by molar-refractivity contribution is 5.65. The van der Waals surface area contributed by atoms with Crippen molar-refractivity contribution in [2.75, 3.05) is 7.11 Å². The van der Waals surface area contributed by atoms with Crippen molar-refractivity contribution in [3.8, 4) is 5.75 Å². The van der Waals surface area contributed by atoms with E-state index >= 15 is 0 Å². The Morgan fingerprint density at radius 2 is 1.97 bits per heavy atom. The largest absolute Gasteiger partial charge is 0.496 e. The van der Waals surface area contributed by atoms with Crippen molar-refractivity contribution >= 4 is 5.57 Å². The van der Waals surface area contributed by atoms with E-state index in [2.05, 4.69) is 0 Å². The second-order valence-electron chi connectivity index (χ2n) is 9.06. The number of methoxy groups -OCH3 is 1. The Morgan fingerprint density at radius 3 is 2.47 bits per heavy atom. The monoisotopic (exact) mass is 420 g/mol. The number of ether oxygens (including phenoxy) is 3. The molecule has 6 atom stereocenters. The van der Waals surface area contributed by atoms with Crippen molar-refractivity contribution in [2.45, 2.75) is 83.6 Å². The molecule has 3 heterocycles. The van der Waals surface area contributed by atoms with Gasteiger partial charge in [-0.1, -0.05) is 0 Å². The Kier molecular flexibility index (Phi) is 5.56. The molecule has 0 aliphatic carbocycles. The summed E-state index contributed by atoms with van der Waals surface area (Å²) < 4.78 is 22.4. The van der Waals surface area contributed by atoms with E-state index in [-0.39, 0.29) is 17.8 Å². The minimum Gasteiger partial charge on any atom is -0.496 e. The summed E-state index contributed by atoms with van der Waals surface area (Å²) in [6, 6.07) is 1.27. The van der Waals surface area contributed by atoms with Crippen LogP contribution in [0, 0.1) is 6.92 Å². The van der Waals surface area contributed by atoms with E-state index in [0.29, 0.717) is 28.2 Å². The number of fused-ring (bicyclic) bond motifs is 1. The van der Waals surface area contributed by atoms with Crippen LogP contribution in [0.1, 0.15) is 52.9 Å². The fraction of sp³-hybridized carbons (Fsp3) is 0.609. The topological polar surface area (TPSA) is 102 Å². The lowest BCUT2D eigenvalue weighted by atomic mass is 9.87. The predicted molar refractivity (Wildman–Crippen MR) is 113 cm³/mol. The van der Waals surface area contributed by atoms with E-state index in [1.165, 1.54) is 26.2 Å². The van der Waals surface area contributed by atoms with Gasteiger partial charge in [0.25, 0.3) is 0 Å². The zero-order chi connectivity index (χ0) is 22.6. The van der Waals surface area contributed by atoms with Gasteiger partial charge in [-0.2, -0.15) is 0 Å². The lowest BCUT2D eigenvalue weighted by Crippen LogP contribution is -2.40. The summed E-state index contributed by atoms with van der Waals surface area (Å²) in [5, 5.41) is 21.9. The smallest absolute Gasteiger partial charge is 0.339 e. The summed E-state index contributed by atoms with van der Waals surface area (Å²) in [4.78, 5) is 11.8. The number of allylic oxidation sites excluding steroid dienone is 1. The van der Waals surface area contributed by atoms with Crippen molar-refractivity contribution in [2.24, 2.45) is 0 Å². The van der Waals surface area contributed by atoms with Gasteiger partial charge in [-0.15, -0.1) is 0 Å². The van der Waals surface area contributed by atoms with Crippen LogP contribution in [-0.4, -0.2) is 52.4 Å². The number of aliphatic hydroxyl groups excluding tert-OH is 1. The highest BCUT2D eigenvalue weighted by atomic mass is 16.7. The normalized spacial score (nSPS) is 34.3. The number of aliphatic hydroxyl groups is 2. The summed E-state index contributed by atoms with van der Waals surface area (Å²) in [6.07, 6.45) is 1.96. The van der Waals surface area contributed by atoms with E-state index in [9.17, 15) is 15.0 Å². The summed E-state index contributed by atoms with van der Waals surface area (Å²) in [7, 11) is 1.47. The van der Waals surface area contributed by atoms with Crippen LogP contribution in [-0.2, 0) is 9.47 Å². The zero-order valence-corrected chi connectivity index (χ0v) is 18.9. The van der Waals surface area contributed by atoms with Gasteiger partial charge >= 0.3 is 5.63 Å². The number of hydrogen-bond donors (Lipinski definition) is 2. The Balaban J connectivity index is 1.88. The molecule has 1 aromatic heterocycles. The fourth-order valence-corrected chi connectivity index (χ4v) is 4.58.